The lowest BCUT2D eigenvalue weighted by molar-refractivity contribution is -0.133. The third kappa shape index (κ3) is 2.63. The van der Waals surface area contributed by atoms with E-state index in [2.05, 4.69) is 12.0 Å². The van der Waals surface area contributed by atoms with E-state index >= 15 is 0 Å². The fraction of sp³-hybridized carbons (Fsp3) is 0.500. The fourth-order valence-electron chi connectivity index (χ4n) is 3.70. The van der Waals surface area contributed by atoms with Gasteiger partial charge >= 0.3 is 0 Å². The van der Waals surface area contributed by atoms with E-state index in [0.29, 0.717) is 23.4 Å². The zero-order valence-electron chi connectivity index (χ0n) is 14.6. The molecule has 0 N–H and O–H groups in total. The minimum Gasteiger partial charge on any atom is -0.463 e. The minimum atomic E-state index is -0.262. The van der Waals surface area contributed by atoms with E-state index in [-0.39, 0.29) is 18.0 Å². The number of rotatable bonds is 3. The molecule has 1 fully saturated rings. The van der Waals surface area contributed by atoms with Crippen LogP contribution in [0.3, 0.4) is 0 Å². The number of fused-ring (bicyclic) bond motifs is 3. The first-order valence-electron chi connectivity index (χ1n) is 8.85. The second-order valence-electron chi connectivity index (χ2n) is 6.85. The van der Waals surface area contributed by atoms with Gasteiger partial charge in [0, 0.05) is 31.6 Å². The molecule has 1 amide bonds. The maximum atomic E-state index is 12.8. The molecule has 3 aromatic heterocycles. The highest BCUT2D eigenvalue weighted by Crippen LogP contribution is 2.20. The number of amides is 1. The molecule has 25 heavy (non-hydrogen) atoms. The van der Waals surface area contributed by atoms with Crippen LogP contribution in [0.25, 0.3) is 16.6 Å². The molecule has 0 aromatic carbocycles. The van der Waals surface area contributed by atoms with Crippen molar-refractivity contribution >= 4 is 22.5 Å². The number of piperidine rings is 1. The Morgan fingerprint density at radius 1 is 1.40 bits per heavy atom. The molecule has 3 aromatic rings. The van der Waals surface area contributed by atoms with Gasteiger partial charge in [0.05, 0.1) is 11.8 Å². The first kappa shape index (κ1) is 15.9. The quantitative estimate of drug-likeness (QED) is 0.730. The first-order valence-corrected chi connectivity index (χ1v) is 8.85. The van der Waals surface area contributed by atoms with E-state index in [0.717, 1.165) is 37.3 Å². The summed E-state index contributed by atoms with van der Waals surface area (Å²) in [6, 6.07) is 3.55. The highest BCUT2D eigenvalue weighted by molar-refractivity contribution is 5.82. The number of likely N-dealkylation sites (tertiary alicyclic amines) is 1. The van der Waals surface area contributed by atoms with Gasteiger partial charge in [0.1, 0.15) is 17.9 Å². The Hall–Kier alpha value is -2.57. The van der Waals surface area contributed by atoms with E-state index in [1.807, 2.05) is 22.3 Å². The van der Waals surface area contributed by atoms with Crippen LogP contribution in [0.1, 0.15) is 32.5 Å². The van der Waals surface area contributed by atoms with Crippen LogP contribution in [0.4, 0.5) is 0 Å². The fourth-order valence-corrected chi connectivity index (χ4v) is 3.70. The van der Waals surface area contributed by atoms with Crippen molar-refractivity contribution < 1.29 is 9.21 Å². The number of carbonyl (C=O) groups is 1. The van der Waals surface area contributed by atoms with Crippen LogP contribution in [-0.4, -0.2) is 38.1 Å². The number of hydrogen-bond donors (Lipinski definition) is 0. The third-order valence-electron chi connectivity index (χ3n) is 4.98. The van der Waals surface area contributed by atoms with Crippen LogP contribution in [0.2, 0.25) is 0 Å². The molecule has 7 nitrogen and oxygen atoms in total. The number of furan rings is 1. The SMILES string of the molecule is CCc1nn(CC(=O)N2CCC[C@@H](C)C2)c(=O)c2cc3occc3n12. The normalized spacial score (nSPS) is 18.3. The van der Waals surface area contributed by atoms with E-state index in [9.17, 15) is 9.59 Å². The second-order valence-corrected chi connectivity index (χ2v) is 6.85. The summed E-state index contributed by atoms with van der Waals surface area (Å²) < 4.78 is 8.54. The molecule has 4 rings (SSSR count). The third-order valence-corrected chi connectivity index (χ3v) is 4.98. The molecule has 4 heterocycles. The minimum absolute atomic E-state index is 0.0123. The maximum absolute atomic E-state index is 12.8. The zero-order chi connectivity index (χ0) is 17.6. The summed E-state index contributed by atoms with van der Waals surface area (Å²) in [5, 5.41) is 4.45. The molecule has 0 spiro atoms. The van der Waals surface area contributed by atoms with Crippen molar-refractivity contribution in [1.82, 2.24) is 19.1 Å². The van der Waals surface area contributed by atoms with Crippen LogP contribution < -0.4 is 5.56 Å². The smallest absolute Gasteiger partial charge is 0.291 e. The van der Waals surface area contributed by atoms with Crippen molar-refractivity contribution in [1.29, 1.82) is 0 Å². The van der Waals surface area contributed by atoms with E-state index < -0.39 is 0 Å². The van der Waals surface area contributed by atoms with Gasteiger partial charge in [0.2, 0.25) is 5.91 Å². The lowest BCUT2D eigenvalue weighted by Gasteiger charge is -2.31. The van der Waals surface area contributed by atoms with Crippen LogP contribution in [-0.2, 0) is 17.8 Å². The molecule has 1 atom stereocenters. The Kier molecular flexibility index (Phi) is 3.86. The number of nitrogens with zero attached hydrogens (tertiary/aromatic N) is 4. The average molecular weight is 342 g/mol. The van der Waals surface area contributed by atoms with Gasteiger partial charge in [-0.1, -0.05) is 13.8 Å². The van der Waals surface area contributed by atoms with E-state index in [1.54, 1.807) is 12.3 Å². The Morgan fingerprint density at radius 2 is 2.24 bits per heavy atom. The number of aryl methyl sites for hydroxylation is 1. The Labute approximate surface area is 144 Å². The number of aromatic nitrogens is 3. The van der Waals surface area contributed by atoms with Crippen molar-refractivity contribution in [3.8, 4) is 0 Å². The number of hydrogen-bond acceptors (Lipinski definition) is 4. The van der Waals surface area contributed by atoms with E-state index in [1.165, 1.54) is 4.68 Å². The molecule has 7 heteroatoms. The topological polar surface area (TPSA) is 72.8 Å². The predicted octanol–water partition coefficient (Wildman–Crippen LogP) is 2.06. The largest absolute Gasteiger partial charge is 0.463 e. The molecular weight excluding hydrogens is 320 g/mol. The van der Waals surface area contributed by atoms with Crippen molar-refractivity contribution in [2.75, 3.05) is 13.1 Å². The molecule has 0 bridgehead atoms. The van der Waals surface area contributed by atoms with Crippen molar-refractivity contribution in [2.24, 2.45) is 5.92 Å². The summed E-state index contributed by atoms with van der Waals surface area (Å²) in [5.74, 6) is 1.21. The maximum Gasteiger partial charge on any atom is 0.291 e. The van der Waals surface area contributed by atoms with Crippen molar-refractivity contribution in [3.63, 3.8) is 0 Å². The monoisotopic (exact) mass is 342 g/mol. The van der Waals surface area contributed by atoms with Crippen molar-refractivity contribution in [3.05, 3.63) is 34.6 Å². The summed E-state index contributed by atoms with van der Waals surface area (Å²) >= 11 is 0. The molecule has 1 saturated heterocycles. The van der Waals surface area contributed by atoms with Crippen LogP contribution in [0, 0.1) is 5.92 Å². The number of carbonyl (C=O) groups excluding carboxylic acids is 1. The van der Waals surface area contributed by atoms with Gasteiger partial charge in [-0.15, -0.1) is 0 Å². The summed E-state index contributed by atoms with van der Waals surface area (Å²) in [5.41, 5.74) is 1.73. The van der Waals surface area contributed by atoms with Crippen LogP contribution >= 0.6 is 0 Å². The molecular formula is C18H22N4O3. The molecule has 132 valence electrons. The van der Waals surface area contributed by atoms with Gasteiger partial charge in [-0.2, -0.15) is 5.10 Å². The summed E-state index contributed by atoms with van der Waals surface area (Å²) in [6.07, 6.45) is 4.42. The first-order chi connectivity index (χ1) is 12.1. The zero-order valence-corrected chi connectivity index (χ0v) is 14.6. The van der Waals surface area contributed by atoms with Gasteiger partial charge < -0.3 is 9.32 Å². The summed E-state index contributed by atoms with van der Waals surface area (Å²) in [7, 11) is 0. The van der Waals surface area contributed by atoms with Gasteiger partial charge in [0.25, 0.3) is 5.56 Å². The molecule has 0 aliphatic carbocycles. The predicted molar refractivity (Wildman–Crippen MR) is 93.6 cm³/mol. The van der Waals surface area contributed by atoms with E-state index in [4.69, 9.17) is 4.42 Å². The second kappa shape index (κ2) is 6.06. The molecule has 1 aliphatic heterocycles. The van der Waals surface area contributed by atoms with Crippen LogP contribution in [0.5, 0.6) is 0 Å². The Morgan fingerprint density at radius 3 is 3.00 bits per heavy atom. The Bertz CT molecular complexity index is 997. The van der Waals surface area contributed by atoms with Gasteiger partial charge in [-0.3, -0.25) is 14.0 Å². The average Bonchev–Trinajstić information content (AvgIpc) is 3.19. The molecule has 1 aliphatic rings. The van der Waals surface area contributed by atoms with Crippen molar-refractivity contribution in [2.45, 2.75) is 39.7 Å². The summed E-state index contributed by atoms with van der Waals surface area (Å²) in [4.78, 5) is 27.3. The highest BCUT2D eigenvalue weighted by atomic mass is 16.3. The Balaban J connectivity index is 1.73. The van der Waals surface area contributed by atoms with Gasteiger partial charge in [0.15, 0.2) is 5.58 Å². The molecule has 0 radical (unpaired) electrons. The molecule has 0 unspecified atom stereocenters. The summed E-state index contributed by atoms with van der Waals surface area (Å²) in [6.45, 7) is 5.65. The highest BCUT2D eigenvalue weighted by Gasteiger charge is 2.23. The van der Waals surface area contributed by atoms with Crippen LogP contribution in [0.15, 0.2) is 27.6 Å². The van der Waals surface area contributed by atoms with Gasteiger partial charge in [-0.05, 0) is 18.8 Å². The van der Waals surface area contributed by atoms with Gasteiger partial charge in [-0.25, -0.2) is 4.68 Å². The lowest BCUT2D eigenvalue weighted by atomic mass is 10.0. The standard InChI is InChI=1S/C18H22N4O3/c1-3-16-19-21(11-17(23)20-7-4-5-12(2)10-20)18(24)14-9-15-13(22(14)16)6-8-25-15/h6,8-9,12H,3-5,7,10-11H2,1-2H3/t12-/m1/s1. The lowest BCUT2D eigenvalue weighted by Crippen LogP contribution is -2.43. The molecule has 0 saturated carbocycles.